The van der Waals surface area contributed by atoms with Crippen molar-refractivity contribution < 1.29 is 32.9 Å². The molecule has 4 rings (SSSR count). The van der Waals surface area contributed by atoms with E-state index in [9.17, 15) is 14.0 Å². The van der Waals surface area contributed by atoms with Crippen molar-refractivity contribution in [2.24, 2.45) is 5.73 Å². The van der Waals surface area contributed by atoms with E-state index in [1.54, 1.807) is 18.2 Å². The molecule has 0 unspecified atom stereocenters. The lowest BCUT2D eigenvalue weighted by Gasteiger charge is -2.23. The summed E-state index contributed by atoms with van der Waals surface area (Å²) >= 11 is 0. The number of nitrogens with two attached hydrogens (primary N) is 1. The van der Waals surface area contributed by atoms with E-state index in [4.69, 9.17) is 14.2 Å². The van der Waals surface area contributed by atoms with Crippen LogP contribution in [0.15, 0.2) is 30.5 Å². The van der Waals surface area contributed by atoms with Crippen LogP contribution < -0.4 is 25.3 Å². The lowest BCUT2D eigenvalue weighted by molar-refractivity contribution is -0.138. The van der Waals surface area contributed by atoms with Gasteiger partial charge in [0.05, 0.1) is 6.20 Å². The first-order chi connectivity index (χ1) is 16.7. The average Bonchev–Trinajstić information content (AvgIpc) is 3.30. The SMILES string of the molecule is CC(C)(C)OC=O.CN.O=C(NC1CCCCC1)c1cc(F)cnc1Oc1ccc2c(c1)OCO2. The maximum absolute atomic E-state index is 13.7. The lowest BCUT2D eigenvalue weighted by Crippen LogP contribution is -2.36. The summed E-state index contributed by atoms with van der Waals surface area (Å²) in [7, 11) is 1.50. The van der Waals surface area contributed by atoms with Crippen LogP contribution in [0.3, 0.4) is 0 Å². The van der Waals surface area contributed by atoms with Crippen LogP contribution in [-0.2, 0) is 9.53 Å². The normalized spacial score (nSPS) is 14.5. The number of nitrogens with one attached hydrogen (secondary N) is 1. The van der Waals surface area contributed by atoms with E-state index in [2.05, 4.69) is 20.8 Å². The summed E-state index contributed by atoms with van der Waals surface area (Å²) in [6.07, 6.45) is 6.27. The second-order valence-corrected chi connectivity index (χ2v) is 8.76. The first-order valence-corrected chi connectivity index (χ1v) is 11.5. The highest BCUT2D eigenvalue weighted by atomic mass is 19.1. The highest BCUT2D eigenvalue weighted by Gasteiger charge is 2.22. The first-order valence-electron chi connectivity index (χ1n) is 11.5. The molecule has 2 aliphatic rings. The third-order valence-electron chi connectivity index (χ3n) is 4.96. The molecule has 1 fully saturated rings. The fraction of sp³-hybridized carbons (Fsp3) is 0.480. The van der Waals surface area contributed by atoms with Gasteiger partial charge in [0.2, 0.25) is 12.7 Å². The number of carbonyl (C=O) groups excluding carboxylic acids is 2. The Hall–Kier alpha value is -3.40. The van der Waals surface area contributed by atoms with Crippen LogP contribution in [0.1, 0.15) is 63.2 Å². The highest BCUT2D eigenvalue weighted by Crippen LogP contribution is 2.36. The molecule has 0 radical (unpaired) electrons. The molecule has 1 amide bonds. The van der Waals surface area contributed by atoms with Gasteiger partial charge in [0.15, 0.2) is 11.5 Å². The maximum atomic E-state index is 13.7. The third-order valence-corrected chi connectivity index (χ3v) is 4.96. The third kappa shape index (κ3) is 9.05. The number of benzene rings is 1. The molecular formula is C25H34FN3O6. The van der Waals surface area contributed by atoms with E-state index in [0.29, 0.717) is 23.7 Å². The molecule has 0 atom stereocenters. The number of nitrogens with zero attached hydrogens (tertiary/aromatic N) is 1. The number of ether oxygens (including phenoxy) is 4. The Balaban J connectivity index is 0.000000416. The molecule has 35 heavy (non-hydrogen) atoms. The Morgan fingerprint density at radius 2 is 1.83 bits per heavy atom. The Morgan fingerprint density at radius 1 is 1.14 bits per heavy atom. The summed E-state index contributed by atoms with van der Waals surface area (Å²) < 4.78 is 34.5. The van der Waals surface area contributed by atoms with E-state index in [1.807, 2.05) is 20.8 Å². The molecule has 1 aliphatic carbocycles. The number of pyridine rings is 1. The van der Waals surface area contributed by atoms with Gasteiger partial charge < -0.3 is 30.0 Å². The zero-order chi connectivity index (χ0) is 25.8. The minimum absolute atomic E-state index is 0.0542. The number of carbonyl (C=O) groups is 2. The molecule has 1 aliphatic heterocycles. The second-order valence-electron chi connectivity index (χ2n) is 8.76. The van der Waals surface area contributed by atoms with Gasteiger partial charge in [-0.1, -0.05) is 19.3 Å². The van der Waals surface area contributed by atoms with Crippen molar-refractivity contribution in [2.45, 2.75) is 64.5 Å². The van der Waals surface area contributed by atoms with Crippen molar-refractivity contribution in [2.75, 3.05) is 13.8 Å². The second kappa shape index (κ2) is 13.5. The smallest absolute Gasteiger partial charge is 0.293 e. The molecule has 3 N–H and O–H groups in total. The van der Waals surface area contributed by atoms with E-state index in [-0.39, 0.29) is 35.8 Å². The number of aromatic nitrogens is 1. The number of rotatable bonds is 5. The van der Waals surface area contributed by atoms with Gasteiger partial charge >= 0.3 is 0 Å². The molecule has 1 aromatic heterocycles. The summed E-state index contributed by atoms with van der Waals surface area (Å²) in [5.74, 6) is 0.702. The van der Waals surface area contributed by atoms with E-state index >= 15 is 0 Å². The van der Waals surface area contributed by atoms with Crippen molar-refractivity contribution in [1.29, 1.82) is 0 Å². The minimum atomic E-state index is -0.586. The molecule has 9 nitrogen and oxygen atoms in total. The summed E-state index contributed by atoms with van der Waals surface area (Å²) in [5, 5.41) is 2.96. The summed E-state index contributed by atoms with van der Waals surface area (Å²) in [6, 6.07) is 6.30. The monoisotopic (exact) mass is 491 g/mol. The van der Waals surface area contributed by atoms with Gasteiger partial charge in [-0.3, -0.25) is 9.59 Å². The van der Waals surface area contributed by atoms with Gasteiger partial charge in [0.25, 0.3) is 12.4 Å². The van der Waals surface area contributed by atoms with E-state index in [0.717, 1.165) is 37.9 Å². The average molecular weight is 492 g/mol. The molecule has 2 aromatic rings. The molecule has 0 bridgehead atoms. The quantitative estimate of drug-likeness (QED) is 0.593. The Kier molecular flexibility index (Phi) is 10.7. The largest absolute Gasteiger partial charge is 0.462 e. The number of halogens is 1. The van der Waals surface area contributed by atoms with Crippen LogP contribution >= 0.6 is 0 Å². The Morgan fingerprint density at radius 3 is 2.46 bits per heavy atom. The zero-order valence-electron chi connectivity index (χ0n) is 20.6. The van der Waals surface area contributed by atoms with Crippen molar-refractivity contribution in [3.8, 4) is 23.1 Å². The Labute approximate surface area is 205 Å². The molecule has 10 heteroatoms. The molecule has 1 aromatic carbocycles. The summed E-state index contributed by atoms with van der Waals surface area (Å²) in [5.41, 5.74) is 4.26. The molecular weight excluding hydrogens is 457 g/mol. The van der Waals surface area contributed by atoms with Crippen LogP contribution in [0.25, 0.3) is 0 Å². The molecule has 0 spiro atoms. The van der Waals surface area contributed by atoms with Crippen LogP contribution in [0, 0.1) is 5.82 Å². The van der Waals surface area contributed by atoms with Crippen molar-refractivity contribution >= 4 is 12.4 Å². The van der Waals surface area contributed by atoms with Crippen LogP contribution in [-0.4, -0.2) is 42.8 Å². The lowest BCUT2D eigenvalue weighted by atomic mass is 9.95. The fourth-order valence-corrected chi connectivity index (χ4v) is 3.38. The summed E-state index contributed by atoms with van der Waals surface area (Å²) in [6.45, 7) is 6.08. The highest BCUT2D eigenvalue weighted by molar-refractivity contribution is 5.96. The maximum Gasteiger partial charge on any atom is 0.293 e. The summed E-state index contributed by atoms with van der Waals surface area (Å²) in [4.78, 5) is 26.2. The molecule has 2 heterocycles. The van der Waals surface area contributed by atoms with Crippen LogP contribution in [0.2, 0.25) is 0 Å². The van der Waals surface area contributed by atoms with Gasteiger partial charge in [-0.15, -0.1) is 0 Å². The standard InChI is InChI=1S/C19H19FN2O4.C5H10O2.CH5N/c20-12-8-15(18(23)22-13-4-2-1-3-5-13)19(21-10-12)26-14-6-7-16-17(9-14)25-11-24-16;1-5(2,3)7-4-6;1-2/h6-10,13H,1-5,11H2,(H,22,23);4H,1-3H3;2H2,1H3. The van der Waals surface area contributed by atoms with Gasteiger partial charge in [0.1, 0.15) is 22.7 Å². The number of amides is 1. The van der Waals surface area contributed by atoms with Crippen LogP contribution in [0.5, 0.6) is 23.1 Å². The van der Waals surface area contributed by atoms with E-state index in [1.165, 1.54) is 13.5 Å². The van der Waals surface area contributed by atoms with Gasteiger partial charge in [-0.05, 0) is 58.9 Å². The number of hydrogen-bond donors (Lipinski definition) is 2. The zero-order valence-corrected chi connectivity index (χ0v) is 20.6. The number of hydrogen-bond acceptors (Lipinski definition) is 8. The van der Waals surface area contributed by atoms with Gasteiger partial charge in [-0.25, -0.2) is 9.37 Å². The van der Waals surface area contributed by atoms with Crippen LogP contribution in [0.4, 0.5) is 4.39 Å². The van der Waals surface area contributed by atoms with Gasteiger partial charge in [0, 0.05) is 12.1 Å². The Bertz CT molecular complexity index is 974. The topological polar surface area (TPSA) is 122 Å². The van der Waals surface area contributed by atoms with E-state index < -0.39 is 5.82 Å². The van der Waals surface area contributed by atoms with Gasteiger partial charge in [-0.2, -0.15) is 0 Å². The fourth-order valence-electron chi connectivity index (χ4n) is 3.38. The van der Waals surface area contributed by atoms with Crippen molar-refractivity contribution in [3.63, 3.8) is 0 Å². The minimum Gasteiger partial charge on any atom is -0.462 e. The molecule has 1 saturated carbocycles. The first kappa shape index (κ1) is 27.8. The molecule has 0 saturated heterocycles. The van der Waals surface area contributed by atoms with Crippen molar-refractivity contribution in [3.05, 3.63) is 41.8 Å². The predicted octanol–water partition coefficient (Wildman–Crippen LogP) is 4.34. The van der Waals surface area contributed by atoms with Crippen molar-refractivity contribution in [1.82, 2.24) is 10.3 Å². The molecule has 192 valence electrons. The predicted molar refractivity (Wildman–Crippen MR) is 128 cm³/mol. The number of fused-ring (bicyclic) bond motifs is 1.